The van der Waals surface area contributed by atoms with E-state index in [1.165, 1.54) is 0 Å². The maximum Gasteiger partial charge on any atom is 0.147 e. The van der Waals surface area contributed by atoms with Crippen LogP contribution in [0, 0.1) is 25.4 Å². The molecule has 0 unspecified atom stereocenters. The standard InChI is InChI=1S/C26H48N6/c1-23(2,3)30-14-11-27(20-30)17-26(10,18-28-12-15-31(21-28)24(4,5)6)19-29-13-16-32(22-29)25(7,8)9/h11-19H2,1-10H3. The average molecular weight is 445 g/mol. The van der Waals surface area contributed by atoms with Crippen LogP contribution in [0.4, 0.5) is 0 Å². The lowest BCUT2D eigenvalue weighted by Crippen LogP contribution is -2.48. The summed E-state index contributed by atoms with van der Waals surface area (Å²) in [5.41, 5.74) is 0.457. The Morgan fingerprint density at radius 3 is 0.875 bits per heavy atom. The van der Waals surface area contributed by atoms with Gasteiger partial charge in [-0.05, 0) is 62.3 Å². The summed E-state index contributed by atoms with van der Waals surface area (Å²) in [6, 6.07) is 0. The van der Waals surface area contributed by atoms with E-state index in [1.807, 2.05) is 0 Å². The monoisotopic (exact) mass is 444 g/mol. The number of rotatable bonds is 6. The van der Waals surface area contributed by atoms with Gasteiger partial charge < -0.3 is 0 Å². The molecule has 6 radical (unpaired) electrons. The molecule has 3 fully saturated rings. The molecule has 0 N–H and O–H groups in total. The molecule has 0 saturated carbocycles. The molecule has 3 aliphatic heterocycles. The van der Waals surface area contributed by atoms with Gasteiger partial charge in [0, 0.05) is 80.9 Å². The third-order valence-corrected chi connectivity index (χ3v) is 6.71. The van der Waals surface area contributed by atoms with E-state index in [4.69, 9.17) is 0 Å². The van der Waals surface area contributed by atoms with Gasteiger partial charge >= 0.3 is 0 Å². The molecule has 0 amide bonds. The van der Waals surface area contributed by atoms with Crippen LogP contribution in [0.15, 0.2) is 0 Å². The Kier molecular flexibility index (Phi) is 7.77. The van der Waals surface area contributed by atoms with Gasteiger partial charge in [-0.15, -0.1) is 0 Å². The second-order valence-electron chi connectivity index (χ2n) is 13.3. The van der Waals surface area contributed by atoms with E-state index >= 15 is 0 Å². The summed E-state index contributed by atoms with van der Waals surface area (Å²) in [5, 5.41) is 0. The minimum Gasteiger partial charge on any atom is -0.278 e. The van der Waals surface area contributed by atoms with Crippen molar-refractivity contribution in [2.24, 2.45) is 5.41 Å². The van der Waals surface area contributed by atoms with E-state index in [9.17, 15) is 0 Å². The van der Waals surface area contributed by atoms with Crippen molar-refractivity contribution in [3.8, 4) is 0 Å². The van der Waals surface area contributed by atoms with Gasteiger partial charge in [-0.2, -0.15) is 0 Å². The Balaban J connectivity index is 1.67. The van der Waals surface area contributed by atoms with Crippen LogP contribution in [0.2, 0.25) is 0 Å². The van der Waals surface area contributed by atoms with E-state index in [0.29, 0.717) is 0 Å². The largest absolute Gasteiger partial charge is 0.278 e. The van der Waals surface area contributed by atoms with Crippen LogP contribution >= 0.6 is 0 Å². The highest BCUT2D eigenvalue weighted by Crippen LogP contribution is 2.32. The van der Waals surface area contributed by atoms with Gasteiger partial charge in [-0.1, -0.05) is 6.92 Å². The Morgan fingerprint density at radius 1 is 0.438 bits per heavy atom. The summed E-state index contributed by atoms with van der Waals surface area (Å²) >= 11 is 0. The third kappa shape index (κ3) is 6.89. The fourth-order valence-corrected chi connectivity index (χ4v) is 4.81. The quantitative estimate of drug-likeness (QED) is 0.622. The normalized spacial score (nSPS) is 24.9. The van der Waals surface area contributed by atoms with Gasteiger partial charge in [-0.25, -0.2) is 0 Å². The predicted molar refractivity (Wildman–Crippen MR) is 132 cm³/mol. The molecule has 0 bridgehead atoms. The zero-order valence-corrected chi connectivity index (χ0v) is 22.5. The first-order valence-electron chi connectivity index (χ1n) is 12.4. The highest BCUT2D eigenvalue weighted by Gasteiger charge is 2.41. The topological polar surface area (TPSA) is 19.4 Å². The Bertz CT molecular complexity index is 530. The molecule has 0 aromatic carbocycles. The van der Waals surface area contributed by atoms with Crippen molar-refractivity contribution in [2.45, 2.75) is 85.9 Å². The van der Waals surface area contributed by atoms with E-state index < -0.39 is 0 Å². The molecule has 0 atom stereocenters. The molecule has 3 saturated heterocycles. The van der Waals surface area contributed by atoms with Crippen molar-refractivity contribution in [1.29, 1.82) is 0 Å². The molecule has 0 aliphatic carbocycles. The lowest BCUT2D eigenvalue weighted by Gasteiger charge is -2.40. The molecule has 0 aromatic heterocycles. The molecule has 182 valence electrons. The highest BCUT2D eigenvalue weighted by molar-refractivity contribution is 4.99. The first-order chi connectivity index (χ1) is 14.6. The fraction of sp³-hybridized carbons (Fsp3) is 0.885. The Morgan fingerprint density at radius 2 is 0.688 bits per heavy atom. The lowest BCUT2D eigenvalue weighted by molar-refractivity contribution is 0.0935. The van der Waals surface area contributed by atoms with Crippen molar-refractivity contribution in [2.75, 3.05) is 58.9 Å². The van der Waals surface area contributed by atoms with Crippen LogP contribution in [0.1, 0.15) is 69.2 Å². The molecule has 6 heteroatoms. The van der Waals surface area contributed by atoms with Crippen LogP contribution in [0.5, 0.6) is 0 Å². The SMILES string of the molecule is CC(CN1[C]N(C(C)(C)C)CC1)(CN1[C]N(C(C)(C)C)CC1)CN1[C]N(C(C)(C)C)CC1. The van der Waals surface area contributed by atoms with E-state index in [1.54, 1.807) is 0 Å². The summed E-state index contributed by atoms with van der Waals surface area (Å²) in [4.78, 5) is 14.3. The molecule has 3 aliphatic rings. The van der Waals surface area contributed by atoms with Crippen LogP contribution in [0.3, 0.4) is 0 Å². The molecule has 6 nitrogen and oxygen atoms in total. The van der Waals surface area contributed by atoms with Crippen LogP contribution in [0.25, 0.3) is 0 Å². The van der Waals surface area contributed by atoms with Crippen molar-refractivity contribution in [1.82, 2.24) is 29.4 Å². The highest BCUT2D eigenvalue weighted by atomic mass is 15.4. The van der Waals surface area contributed by atoms with Gasteiger partial charge in [0.15, 0.2) is 0 Å². The smallest absolute Gasteiger partial charge is 0.147 e. The van der Waals surface area contributed by atoms with E-state index in [-0.39, 0.29) is 22.0 Å². The Hall–Kier alpha value is -0.240. The zero-order valence-electron chi connectivity index (χ0n) is 22.5. The van der Waals surface area contributed by atoms with Crippen molar-refractivity contribution in [3.05, 3.63) is 20.0 Å². The number of nitrogens with zero attached hydrogens (tertiary/aromatic N) is 6. The fourth-order valence-electron chi connectivity index (χ4n) is 4.81. The van der Waals surface area contributed by atoms with Gasteiger partial charge in [0.05, 0.1) is 0 Å². The van der Waals surface area contributed by atoms with Gasteiger partial charge in [0.25, 0.3) is 0 Å². The molecule has 3 rings (SSSR count). The molecular formula is C26H48N6. The zero-order chi connectivity index (χ0) is 23.9. The maximum atomic E-state index is 3.67. The van der Waals surface area contributed by atoms with Gasteiger partial charge in [-0.3, -0.25) is 29.4 Å². The van der Waals surface area contributed by atoms with Crippen molar-refractivity contribution < 1.29 is 0 Å². The van der Waals surface area contributed by atoms with E-state index in [0.717, 1.165) is 58.9 Å². The van der Waals surface area contributed by atoms with Crippen LogP contribution < -0.4 is 0 Å². The van der Waals surface area contributed by atoms with Crippen molar-refractivity contribution >= 4 is 0 Å². The average Bonchev–Trinajstić information content (AvgIpc) is 3.32. The second-order valence-corrected chi connectivity index (χ2v) is 13.3. The summed E-state index contributed by atoms with van der Waals surface area (Å²) in [6.07, 6.45) is 0. The van der Waals surface area contributed by atoms with Crippen LogP contribution in [-0.2, 0) is 0 Å². The Labute approximate surface area is 199 Å². The van der Waals surface area contributed by atoms with Crippen LogP contribution in [-0.4, -0.2) is 105 Å². The minimum absolute atomic E-state index is 0.0860. The second kappa shape index (κ2) is 9.43. The molecule has 0 aromatic rings. The lowest BCUT2D eigenvalue weighted by atomic mass is 9.88. The first-order valence-corrected chi connectivity index (χ1v) is 12.4. The van der Waals surface area contributed by atoms with Crippen molar-refractivity contribution in [3.63, 3.8) is 0 Å². The van der Waals surface area contributed by atoms with Gasteiger partial charge in [0.1, 0.15) is 20.0 Å². The number of hydrogen-bond donors (Lipinski definition) is 0. The molecule has 3 heterocycles. The van der Waals surface area contributed by atoms with E-state index in [2.05, 4.69) is 119 Å². The summed E-state index contributed by atoms with van der Waals surface area (Å²) in [5.74, 6) is 0. The molecular weight excluding hydrogens is 396 g/mol. The summed E-state index contributed by atoms with van der Waals surface area (Å²) < 4.78 is 0. The van der Waals surface area contributed by atoms with Gasteiger partial charge in [0.2, 0.25) is 0 Å². The molecule has 0 spiro atoms. The summed E-state index contributed by atoms with van der Waals surface area (Å²) in [7, 11) is 0. The minimum atomic E-state index is 0.0860. The number of hydrogen-bond acceptors (Lipinski definition) is 6. The predicted octanol–water partition coefficient (Wildman–Crippen LogP) is 3.23. The molecule has 32 heavy (non-hydrogen) atoms. The maximum absolute atomic E-state index is 3.67. The summed E-state index contributed by atoms with van der Waals surface area (Å²) in [6.45, 7) is 43.2. The third-order valence-electron chi connectivity index (χ3n) is 6.71. The first kappa shape index (κ1) is 26.4.